The van der Waals surface area contributed by atoms with Crippen LogP contribution in [0.25, 0.3) is 0 Å². The molecule has 0 saturated carbocycles. The molecule has 0 spiro atoms. The highest BCUT2D eigenvalue weighted by Crippen LogP contribution is 2.37. The third-order valence-electron chi connectivity index (χ3n) is 4.01. The average molecular weight is 570 g/mol. The van der Waals surface area contributed by atoms with Gasteiger partial charge in [0.25, 0.3) is 0 Å². The van der Waals surface area contributed by atoms with E-state index in [4.69, 9.17) is 9.47 Å². The Hall–Kier alpha value is -1.50. The van der Waals surface area contributed by atoms with Gasteiger partial charge in [0.2, 0.25) is 0 Å². The van der Waals surface area contributed by atoms with Gasteiger partial charge in [-0.25, -0.2) is 0 Å². The van der Waals surface area contributed by atoms with Gasteiger partial charge in [-0.05, 0) is 82.5 Å². The Kier molecular flexibility index (Phi) is 7.82. The fraction of sp³-hybridized carbons (Fsp3) is 0.182. The van der Waals surface area contributed by atoms with E-state index in [9.17, 15) is 0 Å². The second kappa shape index (κ2) is 10.3. The zero-order valence-corrected chi connectivity index (χ0v) is 20.1. The molecule has 0 radical (unpaired) electrons. The maximum atomic E-state index is 6.06. The van der Waals surface area contributed by atoms with Crippen molar-refractivity contribution < 1.29 is 9.47 Å². The van der Waals surface area contributed by atoms with Crippen LogP contribution >= 0.6 is 47.8 Å². The van der Waals surface area contributed by atoms with E-state index in [0.29, 0.717) is 19.8 Å². The largest absolute Gasteiger partial charge is 0.490 e. The van der Waals surface area contributed by atoms with Crippen LogP contribution in [0.4, 0.5) is 5.69 Å². The van der Waals surface area contributed by atoms with Crippen LogP contribution in [-0.4, -0.2) is 6.61 Å². The molecule has 146 valence electrons. The Bertz CT molecular complexity index is 912. The summed E-state index contributed by atoms with van der Waals surface area (Å²) in [5.74, 6) is 1.46. The molecule has 6 heteroatoms. The fourth-order valence-corrected chi connectivity index (χ4v) is 3.77. The minimum Gasteiger partial charge on any atom is -0.490 e. The van der Waals surface area contributed by atoms with Gasteiger partial charge in [-0.15, -0.1) is 0 Å². The fourth-order valence-electron chi connectivity index (χ4n) is 2.63. The lowest BCUT2D eigenvalue weighted by molar-refractivity contribution is 0.267. The Morgan fingerprint density at radius 1 is 0.786 bits per heavy atom. The number of rotatable bonds is 8. The van der Waals surface area contributed by atoms with Gasteiger partial charge in [0.15, 0.2) is 11.5 Å². The van der Waals surface area contributed by atoms with Crippen molar-refractivity contribution in [2.24, 2.45) is 0 Å². The molecule has 0 aliphatic carbocycles. The summed E-state index contributed by atoms with van der Waals surface area (Å²) in [5, 5.41) is 3.42. The number of benzene rings is 3. The number of halogens is 3. The van der Waals surface area contributed by atoms with Crippen molar-refractivity contribution in [2.45, 2.75) is 20.1 Å². The first-order valence-corrected chi connectivity index (χ1v) is 11.2. The van der Waals surface area contributed by atoms with Crippen LogP contribution in [0.5, 0.6) is 11.5 Å². The molecule has 0 amide bonds. The predicted molar refractivity (Wildman–Crippen MR) is 125 cm³/mol. The summed E-state index contributed by atoms with van der Waals surface area (Å²) < 4.78 is 14.9. The number of hydrogen-bond donors (Lipinski definition) is 1. The molecule has 0 saturated heterocycles. The number of nitrogens with one attached hydrogen (secondary N) is 1. The van der Waals surface area contributed by atoms with Gasteiger partial charge in [0, 0.05) is 21.2 Å². The summed E-state index contributed by atoms with van der Waals surface area (Å²) in [6.07, 6.45) is 0. The molecule has 0 atom stereocenters. The third kappa shape index (κ3) is 6.00. The van der Waals surface area contributed by atoms with Crippen LogP contribution < -0.4 is 14.8 Å². The molecule has 0 heterocycles. The van der Waals surface area contributed by atoms with Crippen molar-refractivity contribution in [3.05, 3.63) is 85.2 Å². The van der Waals surface area contributed by atoms with Gasteiger partial charge in [0.05, 0.1) is 11.1 Å². The van der Waals surface area contributed by atoms with Crippen LogP contribution in [0.3, 0.4) is 0 Å². The molecule has 0 aliphatic rings. The van der Waals surface area contributed by atoms with Gasteiger partial charge in [-0.3, -0.25) is 0 Å². The molecule has 0 fully saturated rings. The Balaban J connectivity index is 1.73. The zero-order valence-electron chi connectivity index (χ0n) is 15.3. The van der Waals surface area contributed by atoms with Crippen LogP contribution in [-0.2, 0) is 13.2 Å². The van der Waals surface area contributed by atoms with Gasteiger partial charge < -0.3 is 14.8 Å². The molecule has 28 heavy (non-hydrogen) atoms. The molecule has 3 rings (SSSR count). The zero-order chi connectivity index (χ0) is 19.9. The molecule has 1 N–H and O–H groups in total. The van der Waals surface area contributed by atoms with Crippen LogP contribution in [0.1, 0.15) is 18.1 Å². The summed E-state index contributed by atoms with van der Waals surface area (Å²) in [6, 6.07) is 20.3. The maximum Gasteiger partial charge on any atom is 0.175 e. The molecule has 0 bridgehead atoms. The Labute approximate surface area is 190 Å². The van der Waals surface area contributed by atoms with E-state index in [1.807, 2.05) is 61.5 Å². The van der Waals surface area contributed by atoms with Crippen molar-refractivity contribution in [3.63, 3.8) is 0 Å². The first kappa shape index (κ1) is 21.2. The van der Waals surface area contributed by atoms with E-state index < -0.39 is 0 Å². The predicted octanol–water partition coefficient (Wildman–Crippen LogP) is 7.56. The molecule has 3 aromatic carbocycles. The molecule has 0 unspecified atom stereocenters. The van der Waals surface area contributed by atoms with E-state index in [1.54, 1.807) is 0 Å². The second-order valence-electron chi connectivity index (χ2n) is 6.11. The highest BCUT2D eigenvalue weighted by Gasteiger charge is 2.13. The van der Waals surface area contributed by atoms with Crippen molar-refractivity contribution in [1.82, 2.24) is 0 Å². The van der Waals surface area contributed by atoms with Gasteiger partial charge in [0.1, 0.15) is 6.61 Å². The topological polar surface area (TPSA) is 30.5 Å². The van der Waals surface area contributed by atoms with Gasteiger partial charge in [-0.1, -0.05) is 44.0 Å². The summed E-state index contributed by atoms with van der Waals surface area (Å²) >= 11 is 10.5. The summed E-state index contributed by atoms with van der Waals surface area (Å²) in [4.78, 5) is 0. The molecule has 3 nitrogen and oxygen atoms in total. The van der Waals surface area contributed by atoms with Crippen molar-refractivity contribution in [1.29, 1.82) is 0 Å². The quantitative estimate of drug-likeness (QED) is 0.303. The first-order valence-electron chi connectivity index (χ1n) is 8.87. The smallest absolute Gasteiger partial charge is 0.175 e. The maximum absolute atomic E-state index is 6.06. The Morgan fingerprint density at radius 3 is 2.07 bits per heavy atom. The third-order valence-corrected chi connectivity index (χ3v) is 5.65. The molecular formula is C22H20Br3NO2. The lowest BCUT2D eigenvalue weighted by Crippen LogP contribution is -2.04. The van der Waals surface area contributed by atoms with Gasteiger partial charge in [-0.2, -0.15) is 0 Å². The minimum absolute atomic E-state index is 0.475. The average Bonchev–Trinajstić information content (AvgIpc) is 2.68. The van der Waals surface area contributed by atoms with Crippen LogP contribution in [0, 0.1) is 0 Å². The lowest BCUT2D eigenvalue weighted by atomic mass is 10.2. The van der Waals surface area contributed by atoms with Crippen molar-refractivity contribution >= 4 is 53.5 Å². The highest BCUT2D eigenvalue weighted by molar-refractivity contribution is 9.11. The van der Waals surface area contributed by atoms with E-state index in [0.717, 1.165) is 41.7 Å². The van der Waals surface area contributed by atoms with E-state index >= 15 is 0 Å². The van der Waals surface area contributed by atoms with Crippen LogP contribution in [0.15, 0.2) is 74.1 Å². The SMILES string of the molecule is CCOc1cc(CNc2ccc(Br)cc2)cc(Br)c1OCc1ccc(Br)cc1. The normalized spacial score (nSPS) is 10.6. The van der Waals surface area contributed by atoms with E-state index in [2.05, 4.69) is 59.2 Å². The second-order valence-corrected chi connectivity index (χ2v) is 8.80. The van der Waals surface area contributed by atoms with Crippen LogP contribution in [0.2, 0.25) is 0 Å². The molecule has 3 aromatic rings. The van der Waals surface area contributed by atoms with E-state index in [-0.39, 0.29) is 0 Å². The lowest BCUT2D eigenvalue weighted by Gasteiger charge is -2.16. The Morgan fingerprint density at radius 2 is 1.43 bits per heavy atom. The standard InChI is InChI=1S/C22H20Br3NO2/c1-2-27-21-12-16(13-26-19-9-7-18(24)8-10-19)11-20(25)22(21)28-14-15-3-5-17(23)6-4-15/h3-12,26H,2,13-14H2,1H3. The van der Waals surface area contributed by atoms with E-state index in [1.165, 1.54) is 0 Å². The van der Waals surface area contributed by atoms with Gasteiger partial charge >= 0.3 is 0 Å². The van der Waals surface area contributed by atoms with Crippen molar-refractivity contribution in [2.75, 3.05) is 11.9 Å². The minimum atomic E-state index is 0.475. The molecule has 0 aliphatic heterocycles. The monoisotopic (exact) mass is 567 g/mol. The molecular weight excluding hydrogens is 550 g/mol. The summed E-state index contributed by atoms with van der Waals surface area (Å²) in [6.45, 7) is 3.71. The number of anilines is 1. The van der Waals surface area contributed by atoms with Crippen molar-refractivity contribution in [3.8, 4) is 11.5 Å². The number of hydrogen-bond acceptors (Lipinski definition) is 3. The number of ether oxygens (including phenoxy) is 2. The summed E-state index contributed by atoms with van der Waals surface area (Å²) in [7, 11) is 0. The first-order chi connectivity index (χ1) is 13.5. The molecule has 0 aromatic heterocycles. The highest BCUT2D eigenvalue weighted by atomic mass is 79.9. The summed E-state index contributed by atoms with van der Waals surface area (Å²) in [5.41, 5.74) is 3.26.